The Bertz CT molecular complexity index is 325. The van der Waals surface area contributed by atoms with Gasteiger partial charge in [-0.2, -0.15) is 0 Å². The quantitative estimate of drug-likeness (QED) is 0.750. The first-order valence-corrected chi connectivity index (χ1v) is 4.40. The Morgan fingerprint density at radius 1 is 1.29 bits per heavy atom. The standard InChI is InChI=1S/C10H12F3N/c1-6(2-3-14)8-4-7(11)5-9(12)10(8)13/h4-6H,2-3,14H2,1H3. The summed E-state index contributed by atoms with van der Waals surface area (Å²) in [5.41, 5.74) is 5.33. The molecule has 78 valence electrons. The second kappa shape index (κ2) is 4.46. The highest BCUT2D eigenvalue weighted by Gasteiger charge is 2.15. The van der Waals surface area contributed by atoms with Gasteiger partial charge in [0, 0.05) is 6.07 Å². The molecule has 1 atom stereocenters. The molecule has 0 aliphatic carbocycles. The fourth-order valence-electron chi connectivity index (χ4n) is 1.34. The first-order chi connectivity index (χ1) is 6.56. The van der Waals surface area contributed by atoms with Crippen molar-refractivity contribution in [1.29, 1.82) is 0 Å². The van der Waals surface area contributed by atoms with E-state index in [1.807, 2.05) is 0 Å². The monoisotopic (exact) mass is 203 g/mol. The molecule has 1 aromatic carbocycles. The van der Waals surface area contributed by atoms with Crippen LogP contribution < -0.4 is 5.73 Å². The zero-order valence-electron chi connectivity index (χ0n) is 7.86. The van der Waals surface area contributed by atoms with E-state index in [9.17, 15) is 13.2 Å². The maximum Gasteiger partial charge on any atom is 0.162 e. The summed E-state index contributed by atoms with van der Waals surface area (Å²) in [6.45, 7) is 2.04. The van der Waals surface area contributed by atoms with Crippen LogP contribution in [0.2, 0.25) is 0 Å². The minimum Gasteiger partial charge on any atom is -0.330 e. The van der Waals surface area contributed by atoms with Crippen LogP contribution >= 0.6 is 0 Å². The van der Waals surface area contributed by atoms with Gasteiger partial charge in [0.05, 0.1) is 0 Å². The Kier molecular flexibility index (Phi) is 3.52. The lowest BCUT2D eigenvalue weighted by molar-refractivity contribution is 0.474. The van der Waals surface area contributed by atoms with Crippen molar-refractivity contribution in [3.05, 3.63) is 35.1 Å². The molecular weight excluding hydrogens is 191 g/mol. The minimum atomic E-state index is -1.15. The van der Waals surface area contributed by atoms with Crippen LogP contribution in [0, 0.1) is 17.5 Å². The predicted molar refractivity (Wildman–Crippen MR) is 48.4 cm³/mol. The zero-order valence-corrected chi connectivity index (χ0v) is 7.86. The van der Waals surface area contributed by atoms with Crippen LogP contribution in [0.15, 0.2) is 12.1 Å². The van der Waals surface area contributed by atoms with Crippen molar-refractivity contribution in [3.63, 3.8) is 0 Å². The minimum absolute atomic E-state index is 0.0490. The number of nitrogens with two attached hydrogens (primary N) is 1. The van der Waals surface area contributed by atoms with Crippen molar-refractivity contribution in [1.82, 2.24) is 0 Å². The van der Waals surface area contributed by atoms with E-state index in [1.165, 1.54) is 0 Å². The van der Waals surface area contributed by atoms with Gasteiger partial charge in [-0.25, -0.2) is 13.2 Å². The van der Waals surface area contributed by atoms with Crippen molar-refractivity contribution >= 4 is 0 Å². The number of benzene rings is 1. The van der Waals surface area contributed by atoms with Crippen LogP contribution in [0.4, 0.5) is 13.2 Å². The highest BCUT2D eigenvalue weighted by atomic mass is 19.2. The lowest BCUT2D eigenvalue weighted by Gasteiger charge is -2.11. The summed E-state index contributed by atoms with van der Waals surface area (Å²) in [7, 11) is 0. The highest BCUT2D eigenvalue weighted by molar-refractivity contribution is 5.23. The maximum absolute atomic E-state index is 13.2. The van der Waals surface area contributed by atoms with Gasteiger partial charge in [0.2, 0.25) is 0 Å². The molecule has 1 aromatic rings. The topological polar surface area (TPSA) is 26.0 Å². The Balaban J connectivity index is 3.07. The maximum atomic E-state index is 13.2. The molecule has 0 saturated heterocycles. The molecule has 14 heavy (non-hydrogen) atoms. The molecule has 0 aromatic heterocycles. The third-order valence-electron chi connectivity index (χ3n) is 2.15. The van der Waals surface area contributed by atoms with Crippen LogP contribution in [0.1, 0.15) is 24.8 Å². The Morgan fingerprint density at radius 3 is 2.50 bits per heavy atom. The van der Waals surface area contributed by atoms with Gasteiger partial charge < -0.3 is 5.73 Å². The molecule has 1 nitrogen and oxygen atoms in total. The Morgan fingerprint density at radius 2 is 1.93 bits per heavy atom. The SMILES string of the molecule is CC(CCN)c1cc(F)cc(F)c1F. The van der Waals surface area contributed by atoms with Crippen LogP contribution in [-0.4, -0.2) is 6.54 Å². The molecule has 1 unspecified atom stereocenters. The molecule has 0 aliphatic rings. The van der Waals surface area contributed by atoms with Crippen molar-refractivity contribution in [2.24, 2.45) is 5.73 Å². The number of hydrogen-bond donors (Lipinski definition) is 1. The molecular formula is C10H12F3N. The number of halogens is 3. The third-order valence-corrected chi connectivity index (χ3v) is 2.15. The van der Waals surface area contributed by atoms with E-state index in [4.69, 9.17) is 5.73 Å². The van der Waals surface area contributed by atoms with Crippen molar-refractivity contribution < 1.29 is 13.2 Å². The summed E-state index contributed by atoms with van der Waals surface area (Å²) in [5, 5.41) is 0. The van der Waals surface area contributed by atoms with Gasteiger partial charge in [0.25, 0.3) is 0 Å². The van der Waals surface area contributed by atoms with E-state index in [-0.39, 0.29) is 11.5 Å². The van der Waals surface area contributed by atoms with E-state index >= 15 is 0 Å². The molecule has 1 rings (SSSR count). The van der Waals surface area contributed by atoms with Gasteiger partial charge in [-0.05, 0) is 30.5 Å². The van der Waals surface area contributed by atoms with E-state index in [0.29, 0.717) is 19.0 Å². The predicted octanol–water partition coefficient (Wildman–Crippen LogP) is 2.56. The van der Waals surface area contributed by atoms with Crippen LogP contribution in [0.25, 0.3) is 0 Å². The van der Waals surface area contributed by atoms with E-state index in [0.717, 1.165) is 6.07 Å². The van der Waals surface area contributed by atoms with Crippen LogP contribution in [0.3, 0.4) is 0 Å². The fraction of sp³-hybridized carbons (Fsp3) is 0.400. The molecule has 0 aliphatic heterocycles. The highest BCUT2D eigenvalue weighted by Crippen LogP contribution is 2.24. The second-order valence-corrected chi connectivity index (χ2v) is 3.27. The summed E-state index contributed by atoms with van der Waals surface area (Å²) >= 11 is 0. The molecule has 2 N–H and O–H groups in total. The molecule has 0 amide bonds. The van der Waals surface area contributed by atoms with Crippen molar-refractivity contribution in [2.75, 3.05) is 6.54 Å². The van der Waals surface area contributed by atoms with E-state index in [2.05, 4.69) is 0 Å². The molecule has 0 radical (unpaired) electrons. The fourth-order valence-corrected chi connectivity index (χ4v) is 1.34. The molecule has 0 spiro atoms. The van der Waals surface area contributed by atoms with Gasteiger partial charge in [0.15, 0.2) is 11.6 Å². The van der Waals surface area contributed by atoms with Gasteiger partial charge in [0.1, 0.15) is 5.82 Å². The molecule has 0 bridgehead atoms. The van der Waals surface area contributed by atoms with E-state index in [1.54, 1.807) is 6.92 Å². The Hall–Kier alpha value is -1.03. The van der Waals surface area contributed by atoms with Gasteiger partial charge in [-0.3, -0.25) is 0 Å². The molecule has 0 saturated carbocycles. The van der Waals surface area contributed by atoms with Crippen LogP contribution in [-0.2, 0) is 0 Å². The summed E-state index contributed by atoms with van der Waals surface area (Å²) in [6.07, 6.45) is 0.500. The van der Waals surface area contributed by atoms with Crippen LogP contribution in [0.5, 0.6) is 0 Å². The van der Waals surface area contributed by atoms with Gasteiger partial charge in [-0.1, -0.05) is 6.92 Å². The lowest BCUT2D eigenvalue weighted by Crippen LogP contribution is -2.07. The lowest BCUT2D eigenvalue weighted by atomic mass is 9.97. The first kappa shape index (κ1) is 11.0. The molecule has 0 heterocycles. The van der Waals surface area contributed by atoms with Crippen molar-refractivity contribution in [3.8, 4) is 0 Å². The molecule has 0 fully saturated rings. The van der Waals surface area contributed by atoms with Gasteiger partial charge in [-0.15, -0.1) is 0 Å². The molecule has 4 heteroatoms. The number of hydrogen-bond acceptors (Lipinski definition) is 1. The number of rotatable bonds is 3. The second-order valence-electron chi connectivity index (χ2n) is 3.27. The summed E-state index contributed by atoms with van der Waals surface area (Å²) in [5.74, 6) is -3.16. The van der Waals surface area contributed by atoms with Crippen molar-refractivity contribution in [2.45, 2.75) is 19.3 Å². The Labute approximate surface area is 80.7 Å². The zero-order chi connectivity index (χ0) is 10.7. The third kappa shape index (κ3) is 2.26. The summed E-state index contributed by atoms with van der Waals surface area (Å²) in [6, 6.07) is 1.55. The summed E-state index contributed by atoms with van der Waals surface area (Å²) < 4.78 is 38.7. The first-order valence-electron chi connectivity index (χ1n) is 4.40. The average molecular weight is 203 g/mol. The van der Waals surface area contributed by atoms with E-state index < -0.39 is 17.5 Å². The largest absolute Gasteiger partial charge is 0.330 e. The summed E-state index contributed by atoms with van der Waals surface area (Å²) in [4.78, 5) is 0. The van der Waals surface area contributed by atoms with Gasteiger partial charge >= 0.3 is 0 Å². The normalized spacial score (nSPS) is 12.9. The smallest absolute Gasteiger partial charge is 0.162 e. The average Bonchev–Trinajstić information content (AvgIpc) is 2.11.